The maximum absolute atomic E-state index is 12.4. The van der Waals surface area contributed by atoms with Gasteiger partial charge in [0.05, 0.1) is 0 Å². The monoisotopic (exact) mass is 300 g/mol. The highest BCUT2D eigenvalue weighted by Crippen LogP contribution is 2.22. The van der Waals surface area contributed by atoms with Crippen molar-refractivity contribution in [2.45, 2.75) is 32.7 Å². The molecule has 1 saturated heterocycles. The Morgan fingerprint density at radius 2 is 2.32 bits per heavy atom. The highest BCUT2D eigenvalue weighted by molar-refractivity contribution is 5.93. The summed E-state index contributed by atoms with van der Waals surface area (Å²) in [5.74, 6) is 1.19. The van der Waals surface area contributed by atoms with Gasteiger partial charge in [0.1, 0.15) is 0 Å². The number of aromatic nitrogens is 2. The third kappa shape index (κ3) is 3.33. The lowest BCUT2D eigenvalue weighted by atomic mass is 9.92. The van der Waals surface area contributed by atoms with Crippen molar-refractivity contribution in [2.75, 3.05) is 11.9 Å². The van der Waals surface area contributed by atoms with Crippen molar-refractivity contribution in [1.82, 2.24) is 15.5 Å². The second kappa shape index (κ2) is 6.27. The van der Waals surface area contributed by atoms with E-state index >= 15 is 0 Å². The van der Waals surface area contributed by atoms with Crippen molar-refractivity contribution in [3.8, 4) is 11.4 Å². The first-order valence-corrected chi connectivity index (χ1v) is 7.57. The summed E-state index contributed by atoms with van der Waals surface area (Å²) in [6, 6.07) is 7.90. The lowest BCUT2D eigenvalue weighted by Crippen LogP contribution is -2.40. The number of nitrogens with one attached hydrogen (secondary N) is 2. The fourth-order valence-electron chi connectivity index (χ4n) is 2.77. The average Bonchev–Trinajstić information content (AvgIpc) is 2.94. The van der Waals surface area contributed by atoms with Crippen LogP contribution in [0.5, 0.6) is 0 Å². The van der Waals surface area contributed by atoms with Crippen LogP contribution in [-0.4, -0.2) is 28.6 Å². The number of anilines is 1. The Morgan fingerprint density at radius 3 is 3.05 bits per heavy atom. The summed E-state index contributed by atoms with van der Waals surface area (Å²) in [7, 11) is 0. The highest BCUT2D eigenvalue weighted by atomic mass is 16.5. The maximum atomic E-state index is 12.4. The van der Waals surface area contributed by atoms with Gasteiger partial charge in [-0.25, -0.2) is 0 Å². The molecule has 1 fully saturated rings. The smallest absolute Gasteiger partial charge is 0.227 e. The van der Waals surface area contributed by atoms with Gasteiger partial charge < -0.3 is 15.2 Å². The fourth-order valence-corrected chi connectivity index (χ4v) is 2.77. The van der Waals surface area contributed by atoms with Gasteiger partial charge in [-0.05, 0) is 38.4 Å². The topological polar surface area (TPSA) is 80.0 Å². The molecule has 3 rings (SSSR count). The van der Waals surface area contributed by atoms with E-state index in [0.717, 1.165) is 30.6 Å². The van der Waals surface area contributed by atoms with Crippen molar-refractivity contribution >= 4 is 11.6 Å². The molecule has 1 aliphatic rings. The molecule has 2 N–H and O–H groups in total. The molecule has 1 amide bonds. The van der Waals surface area contributed by atoms with E-state index in [0.29, 0.717) is 17.8 Å². The zero-order valence-corrected chi connectivity index (χ0v) is 12.8. The molecule has 2 atom stereocenters. The van der Waals surface area contributed by atoms with Crippen LogP contribution in [-0.2, 0) is 4.79 Å². The maximum Gasteiger partial charge on any atom is 0.227 e. The molecule has 6 nitrogen and oxygen atoms in total. The van der Waals surface area contributed by atoms with Gasteiger partial charge in [-0.1, -0.05) is 17.3 Å². The second-order valence-corrected chi connectivity index (χ2v) is 5.78. The summed E-state index contributed by atoms with van der Waals surface area (Å²) in [5.41, 5.74) is 1.59. The van der Waals surface area contributed by atoms with Gasteiger partial charge in [-0.2, -0.15) is 4.98 Å². The molecule has 0 bridgehead atoms. The molecule has 2 heterocycles. The van der Waals surface area contributed by atoms with E-state index in [1.165, 1.54) is 0 Å². The number of carbonyl (C=O) groups excluding carboxylic acids is 1. The Balaban J connectivity index is 1.71. The molecule has 0 saturated carbocycles. The van der Waals surface area contributed by atoms with Crippen LogP contribution in [0.1, 0.15) is 25.7 Å². The van der Waals surface area contributed by atoms with Gasteiger partial charge in [-0.3, -0.25) is 4.79 Å². The summed E-state index contributed by atoms with van der Waals surface area (Å²) >= 11 is 0. The average molecular weight is 300 g/mol. The largest absolute Gasteiger partial charge is 0.339 e. The first kappa shape index (κ1) is 14.7. The van der Waals surface area contributed by atoms with Gasteiger partial charge in [0, 0.05) is 30.1 Å². The second-order valence-electron chi connectivity index (χ2n) is 5.78. The predicted octanol–water partition coefficient (Wildman–Crippen LogP) is 2.37. The van der Waals surface area contributed by atoms with Crippen molar-refractivity contribution in [1.29, 1.82) is 0 Å². The van der Waals surface area contributed by atoms with Crippen molar-refractivity contribution in [3.05, 3.63) is 30.2 Å². The van der Waals surface area contributed by atoms with Gasteiger partial charge in [0.2, 0.25) is 17.6 Å². The number of piperidine rings is 1. The number of amides is 1. The number of hydrogen-bond donors (Lipinski definition) is 2. The van der Waals surface area contributed by atoms with E-state index in [1.54, 1.807) is 6.92 Å². The first-order valence-electron chi connectivity index (χ1n) is 7.57. The predicted molar refractivity (Wildman–Crippen MR) is 83.3 cm³/mol. The minimum atomic E-state index is 0.0623. The van der Waals surface area contributed by atoms with Crippen molar-refractivity contribution in [2.24, 2.45) is 5.92 Å². The van der Waals surface area contributed by atoms with Crippen molar-refractivity contribution in [3.63, 3.8) is 0 Å². The molecule has 22 heavy (non-hydrogen) atoms. The Kier molecular flexibility index (Phi) is 4.20. The molecular weight excluding hydrogens is 280 g/mol. The van der Waals surface area contributed by atoms with Gasteiger partial charge in [0.15, 0.2) is 0 Å². The molecular formula is C16H20N4O2. The van der Waals surface area contributed by atoms with Gasteiger partial charge >= 0.3 is 0 Å². The van der Waals surface area contributed by atoms with Gasteiger partial charge in [0.25, 0.3) is 0 Å². The quantitative estimate of drug-likeness (QED) is 0.909. The lowest BCUT2D eigenvalue weighted by molar-refractivity contribution is -0.120. The van der Waals surface area contributed by atoms with Gasteiger partial charge in [-0.15, -0.1) is 0 Å². The Hall–Kier alpha value is -2.21. The SMILES string of the molecule is Cc1nc(-c2cccc(NC(=O)[C@H]3CCN[C@@H](C)C3)c2)no1. The first-order chi connectivity index (χ1) is 10.6. The molecule has 6 heteroatoms. The van der Waals surface area contributed by atoms with E-state index < -0.39 is 0 Å². The minimum absolute atomic E-state index is 0.0623. The molecule has 0 aliphatic carbocycles. The Bertz CT molecular complexity index is 668. The summed E-state index contributed by atoms with van der Waals surface area (Å²) < 4.78 is 4.99. The summed E-state index contributed by atoms with van der Waals surface area (Å²) in [6.45, 7) is 4.75. The zero-order chi connectivity index (χ0) is 15.5. The number of rotatable bonds is 3. The fraction of sp³-hybridized carbons (Fsp3) is 0.438. The molecule has 1 aliphatic heterocycles. The van der Waals surface area contributed by atoms with Crippen LogP contribution in [0.25, 0.3) is 11.4 Å². The summed E-state index contributed by atoms with van der Waals surface area (Å²) in [5, 5.41) is 10.3. The molecule has 2 aromatic rings. The van der Waals surface area contributed by atoms with E-state index in [9.17, 15) is 4.79 Å². The number of hydrogen-bond acceptors (Lipinski definition) is 5. The lowest BCUT2D eigenvalue weighted by Gasteiger charge is -2.27. The minimum Gasteiger partial charge on any atom is -0.339 e. The zero-order valence-electron chi connectivity index (χ0n) is 12.8. The van der Waals surface area contributed by atoms with E-state index in [1.807, 2.05) is 24.3 Å². The molecule has 0 spiro atoms. The highest BCUT2D eigenvalue weighted by Gasteiger charge is 2.24. The van der Waals surface area contributed by atoms with Crippen LogP contribution in [0.3, 0.4) is 0 Å². The van der Waals surface area contributed by atoms with E-state index in [2.05, 4.69) is 27.7 Å². The van der Waals surface area contributed by atoms with Crippen LogP contribution in [0, 0.1) is 12.8 Å². The normalized spacial score (nSPS) is 21.5. The third-order valence-corrected chi connectivity index (χ3v) is 3.91. The molecule has 0 unspecified atom stereocenters. The molecule has 1 aromatic carbocycles. The molecule has 116 valence electrons. The molecule has 1 aromatic heterocycles. The number of nitrogens with zero attached hydrogens (tertiary/aromatic N) is 2. The standard InChI is InChI=1S/C16H20N4O2/c1-10-8-13(6-7-17-10)16(21)19-14-5-3-4-12(9-14)15-18-11(2)22-20-15/h3-5,9-10,13,17H,6-8H2,1-2H3,(H,19,21)/t10-,13-/m0/s1. The van der Waals surface area contributed by atoms with Crippen LogP contribution in [0.15, 0.2) is 28.8 Å². The molecule has 0 radical (unpaired) electrons. The van der Waals surface area contributed by atoms with Crippen molar-refractivity contribution < 1.29 is 9.32 Å². The number of aryl methyl sites for hydroxylation is 1. The van der Waals surface area contributed by atoms with Crippen LogP contribution < -0.4 is 10.6 Å². The number of benzene rings is 1. The third-order valence-electron chi connectivity index (χ3n) is 3.91. The Labute approximate surface area is 129 Å². The van der Waals surface area contributed by atoms with Crippen LogP contribution in [0.2, 0.25) is 0 Å². The van der Waals surface area contributed by atoms with Crippen LogP contribution in [0.4, 0.5) is 5.69 Å². The summed E-state index contributed by atoms with van der Waals surface area (Å²) in [4.78, 5) is 16.6. The Morgan fingerprint density at radius 1 is 1.45 bits per heavy atom. The number of carbonyl (C=O) groups is 1. The van der Waals surface area contributed by atoms with Crippen LogP contribution >= 0.6 is 0 Å². The van der Waals surface area contributed by atoms with E-state index in [4.69, 9.17) is 4.52 Å². The van der Waals surface area contributed by atoms with E-state index in [-0.39, 0.29) is 11.8 Å². The summed E-state index contributed by atoms with van der Waals surface area (Å²) in [6.07, 6.45) is 1.75.